The third-order valence-corrected chi connectivity index (χ3v) is 5.25. The molecule has 0 fully saturated rings. The van der Waals surface area contributed by atoms with Crippen LogP contribution in [0.3, 0.4) is 0 Å². The summed E-state index contributed by atoms with van der Waals surface area (Å²) in [4.78, 5) is 27.1. The van der Waals surface area contributed by atoms with E-state index in [9.17, 15) is 9.59 Å². The molecule has 126 valence electrons. The number of nitrogens with zero attached hydrogens (tertiary/aromatic N) is 1. The van der Waals surface area contributed by atoms with Crippen molar-refractivity contribution in [3.05, 3.63) is 45.1 Å². The summed E-state index contributed by atoms with van der Waals surface area (Å²) in [6.45, 7) is 4.54. The first kappa shape index (κ1) is 17.0. The van der Waals surface area contributed by atoms with E-state index in [-0.39, 0.29) is 17.7 Å². The van der Waals surface area contributed by atoms with Crippen LogP contribution in [0.1, 0.15) is 35.5 Å². The molecule has 1 aromatic heterocycles. The molecule has 2 amide bonds. The zero-order valence-corrected chi connectivity index (χ0v) is 15.2. The van der Waals surface area contributed by atoms with E-state index in [1.54, 1.807) is 12.1 Å². The lowest BCUT2D eigenvalue weighted by molar-refractivity contribution is -0.121. The van der Waals surface area contributed by atoms with E-state index in [0.717, 1.165) is 30.6 Å². The van der Waals surface area contributed by atoms with Crippen molar-refractivity contribution >= 4 is 46.1 Å². The maximum absolute atomic E-state index is 12.4. The highest BCUT2D eigenvalue weighted by Gasteiger charge is 2.24. The Labute approximate surface area is 150 Å². The van der Waals surface area contributed by atoms with Gasteiger partial charge in [-0.05, 0) is 42.7 Å². The standard InChI is InChI=1S/C18H19ClN2O2S/c1-11(2)18(23)21-9-3-4-12-5-6-13(10-14(12)21)20-17(22)15-7-8-16(19)24-15/h5-8,10-11H,3-4,9H2,1-2H3,(H,20,22). The van der Waals surface area contributed by atoms with Crippen molar-refractivity contribution in [2.45, 2.75) is 26.7 Å². The molecular weight excluding hydrogens is 344 g/mol. The van der Waals surface area contributed by atoms with Gasteiger partial charge < -0.3 is 10.2 Å². The van der Waals surface area contributed by atoms with Crippen LogP contribution in [0.4, 0.5) is 11.4 Å². The minimum absolute atomic E-state index is 0.0533. The van der Waals surface area contributed by atoms with Crippen LogP contribution in [-0.4, -0.2) is 18.4 Å². The number of benzene rings is 1. The van der Waals surface area contributed by atoms with E-state index < -0.39 is 0 Å². The Kier molecular flexibility index (Phi) is 4.92. The molecule has 0 bridgehead atoms. The van der Waals surface area contributed by atoms with Gasteiger partial charge in [0.25, 0.3) is 5.91 Å². The fourth-order valence-corrected chi connectivity index (χ4v) is 3.76. The Hall–Kier alpha value is -1.85. The first-order valence-corrected chi connectivity index (χ1v) is 9.16. The minimum atomic E-state index is -0.190. The SMILES string of the molecule is CC(C)C(=O)N1CCCc2ccc(NC(=O)c3ccc(Cl)s3)cc21. The van der Waals surface area contributed by atoms with E-state index in [1.165, 1.54) is 11.3 Å². The number of fused-ring (bicyclic) bond motifs is 1. The number of thiophene rings is 1. The van der Waals surface area contributed by atoms with Crippen LogP contribution in [0, 0.1) is 5.92 Å². The van der Waals surface area contributed by atoms with Crippen LogP contribution in [0.25, 0.3) is 0 Å². The fraction of sp³-hybridized carbons (Fsp3) is 0.333. The normalized spacial score (nSPS) is 13.8. The van der Waals surface area contributed by atoms with Gasteiger partial charge in [-0.3, -0.25) is 9.59 Å². The molecule has 0 atom stereocenters. The van der Waals surface area contributed by atoms with Crippen LogP contribution in [-0.2, 0) is 11.2 Å². The molecule has 2 heterocycles. The molecule has 1 aromatic carbocycles. The Morgan fingerprint density at radius 1 is 1.25 bits per heavy atom. The van der Waals surface area contributed by atoms with Gasteiger partial charge in [0.05, 0.1) is 9.21 Å². The Balaban J connectivity index is 1.85. The van der Waals surface area contributed by atoms with Crippen molar-refractivity contribution in [1.29, 1.82) is 0 Å². The second-order valence-corrected chi connectivity index (χ2v) is 7.86. The molecule has 0 spiro atoms. The zero-order chi connectivity index (χ0) is 17.3. The smallest absolute Gasteiger partial charge is 0.265 e. The number of amides is 2. The summed E-state index contributed by atoms with van der Waals surface area (Å²) in [6.07, 6.45) is 1.91. The van der Waals surface area contributed by atoms with E-state index in [1.807, 2.05) is 36.9 Å². The molecule has 2 aromatic rings. The van der Waals surface area contributed by atoms with Crippen molar-refractivity contribution in [1.82, 2.24) is 0 Å². The van der Waals surface area contributed by atoms with Gasteiger partial charge in [-0.2, -0.15) is 0 Å². The average Bonchev–Trinajstić information content (AvgIpc) is 3.00. The summed E-state index contributed by atoms with van der Waals surface area (Å²) in [5.41, 5.74) is 2.74. The summed E-state index contributed by atoms with van der Waals surface area (Å²) in [5.74, 6) is -0.128. The van der Waals surface area contributed by atoms with Crippen molar-refractivity contribution in [3.63, 3.8) is 0 Å². The number of hydrogen-bond acceptors (Lipinski definition) is 3. The van der Waals surface area contributed by atoms with Gasteiger partial charge in [-0.15, -0.1) is 11.3 Å². The molecule has 1 N–H and O–H groups in total. The topological polar surface area (TPSA) is 49.4 Å². The first-order chi connectivity index (χ1) is 11.5. The Morgan fingerprint density at radius 2 is 2.04 bits per heavy atom. The van der Waals surface area contributed by atoms with Gasteiger partial charge in [0.15, 0.2) is 0 Å². The van der Waals surface area contributed by atoms with Gasteiger partial charge >= 0.3 is 0 Å². The molecule has 0 aliphatic carbocycles. The quantitative estimate of drug-likeness (QED) is 0.868. The monoisotopic (exact) mass is 362 g/mol. The molecule has 4 nitrogen and oxygen atoms in total. The molecule has 6 heteroatoms. The predicted octanol–water partition coefficient (Wildman–Crippen LogP) is 4.59. The third kappa shape index (κ3) is 3.47. The fourth-order valence-electron chi connectivity index (χ4n) is 2.82. The van der Waals surface area contributed by atoms with E-state index in [2.05, 4.69) is 5.32 Å². The first-order valence-electron chi connectivity index (χ1n) is 7.96. The van der Waals surface area contributed by atoms with Gasteiger partial charge in [0.2, 0.25) is 5.91 Å². The number of hydrogen-bond donors (Lipinski definition) is 1. The Morgan fingerprint density at radius 3 is 2.71 bits per heavy atom. The molecule has 0 saturated carbocycles. The van der Waals surface area contributed by atoms with Gasteiger partial charge in [0, 0.05) is 23.8 Å². The second kappa shape index (κ2) is 6.95. The van der Waals surface area contributed by atoms with Crippen molar-refractivity contribution in [3.8, 4) is 0 Å². The highest BCUT2D eigenvalue weighted by atomic mass is 35.5. The Bertz CT molecular complexity index is 785. The molecule has 0 unspecified atom stereocenters. The van der Waals surface area contributed by atoms with Gasteiger partial charge in [0.1, 0.15) is 0 Å². The molecule has 1 aliphatic rings. The number of carbonyl (C=O) groups excluding carboxylic acids is 2. The number of aryl methyl sites for hydroxylation is 1. The number of carbonyl (C=O) groups is 2. The second-order valence-electron chi connectivity index (χ2n) is 6.15. The third-order valence-electron chi connectivity index (χ3n) is 4.02. The lowest BCUT2D eigenvalue weighted by Gasteiger charge is -2.31. The van der Waals surface area contributed by atoms with Crippen LogP contribution in [0.5, 0.6) is 0 Å². The summed E-state index contributed by atoms with van der Waals surface area (Å²) < 4.78 is 0.583. The lowest BCUT2D eigenvalue weighted by atomic mass is 9.99. The number of nitrogens with one attached hydrogen (secondary N) is 1. The molecule has 1 aliphatic heterocycles. The summed E-state index contributed by atoms with van der Waals surface area (Å²) in [5, 5.41) is 2.89. The zero-order valence-electron chi connectivity index (χ0n) is 13.6. The van der Waals surface area contributed by atoms with Crippen molar-refractivity contribution in [2.75, 3.05) is 16.8 Å². The maximum atomic E-state index is 12.4. The van der Waals surface area contributed by atoms with E-state index in [4.69, 9.17) is 11.6 Å². The minimum Gasteiger partial charge on any atom is -0.321 e. The van der Waals surface area contributed by atoms with Crippen LogP contribution < -0.4 is 10.2 Å². The highest BCUT2D eigenvalue weighted by molar-refractivity contribution is 7.18. The number of halogens is 1. The number of anilines is 2. The van der Waals surface area contributed by atoms with Crippen LogP contribution in [0.15, 0.2) is 30.3 Å². The largest absolute Gasteiger partial charge is 0.321 e. The van der Waals surface area contributed by atoms with Gasteiger partial charge in [-0.25, -0.2) is 0 Å². The van der Waals surface area contributed by atoms with E-state index in [0.29, 0.717) is 14.9 Å². The molecular formula is C18H19ClN2O2S. The maximum Gasteiger partial charge on any atom is 0.265 e. The van der Waals surface area contributed by atoms with Crippen molar-refractivity contribution in [2.24, 2.45) is 5.92 Å². The predicted molar refractivity (Wildman–Crippen MR) is 99.2 cm³/mol. The summed E-state index contributed by atoms with van der Waals surface area (Å²) in [6, 6.07) is 9.18. The van der Waals surface area contributed by atoms with Crippen molar-refractivity contribution < 1.29 is 9.59 Å². The van der Waals surface area contributed by atoms with E-state index >= 15 is 0 Å². The highest BCUT2D eigenvalue weighted by Crippen LogP contribution is 2.31. The summed E-state index contributed by atoms with van der Waals surface area (Å²) >= 11 is 7.12. The van der Waals surface area contributed by atoms with Crippen LogP contribution in [0.2, 0.25) is 4.34 Å². The van der Waals surface area contributed by atoms with Crippen LogP contribution >= 0.6 is 22.9 Å². The lowest BCUT2D eigenvalue weighted by Crippen LogP contribution is -2.38. The average molecular weight is 363 g/mol. The number of rotatable bonds is 3. The molecule has 24 heavy (non-hydrogen) atoms. The molecule has 0 radical (unpaired) electrons. The summed E-state index contributed by atoms with van der Waals surface area (Å²) in [7, 11) is 0. The molecule has 0 saturated heterocycles. The molecule has 3 rings (SSSR count). The van der Waals surface area contributed by atoms with Gasteiger partial charge in [-0.1, -0.05) is 31.5 Å².